The van der Waals surface area contributed by atoms with Crippen LogP contribution in [0.25, 0.3) is 5.70 Å². The molecule has 0 saturated heterocycles. The maximum Gasteiger partial charge on any atom is 0.123 e. The van der Waals surface area contributed by atoms with Crippen molar-refractivity contribution < 1.29 is 0 Å². The van der Waals surface area contributed by atoms with E-state index in [1.54, 1.807) is 12.3 Å². The highest BCUT2D eigenvalue weighted by molar-refractivity contribution is 5.61. The van der Waals surface area contributed by atoms with Crippen LogP contribution >= 0.6 is 0 Å². The summed E-state index contributed by atoms with van der Waals surface area (Å²) < 4.78 is 0. The van der Waals surface area contributed by atoms with Gasteiger partial charge < -0.3 is 11.1 Å². The van der Waals surface area contributed by atoms with Gasteiger partial charge in [0.1, 0.15) is 5.82 Å². The lowest BCUT2D eigenvalue weighted by molar-refractivity contribution is 1.12. The van der Waals surface area contributed by atoms with Gasteiger partial charge in [0.2, 0.25) is 0 Å². The number of aromatic nitrogens is 1. The van der Waals surface area contributed by atoms with E-state index in [4.69, 9.17) is 5.73 Å². The van der Waals surface area contributed by atoms with Crippen LogP contribution in [0.3, 0.4) is 0 Å². The molecular weight excluding hydrogens is 162 g/mol. The fourth-order valence-corrected chi connectivity index (χ4v) is 0.728. The van der Waals surface area contributed by atoms with Crippen molar-refractivity contribution in [1.82, 2.24) is 10.3 Å². The van der Waals surface area contributed by atoms with E-state index in [1.807, 2.05) is 27.0 Å². The predicted molar refractivity (Wildman–Crippen MR) is 58.1 cm³/mol. The molecule has 3 N–H and O–H groups in total. The van der Waals surface area contributed by atoms with Gasteiger partial charge in [-0.2, -0.15) is 0 Å². The molecule has 0 aliphatic heterocycles. The number of hydrogen-bond donors (Lipinski definition) is 2. The summed E-state index contributed by atoms with van der Waals surface area (Å²) in [7, 11) is 1.82. The molecule has 0 unspecified atom stereocenters. The molecule has 0 aromatic carbocycles. The van der Waals surface area contributed by atoms with Crippen LogP contribution in [0.15, 0.2) is 24.9 Å². The van der Waals surface area contributed by atoms with Crippen LogP contribution in [-0.4, -0.2) is 12.0 Å². The minimum Gasteiger partial charge on any atom is -0.388 e. The predicted octanol–water partition coefficient (Wildman–Crippen LogP) is 1.88. The van der Waals surface area contributed by atoms with Crippen LogP contribution in [0.4, 0.5) is 5.82 Å². The molecule has 13 heavy (non-hydrogen) atoms. The molecule has 1 rings (SSSR count). The van der Waals surface area contributed by atoms with Gasteiger partial charge in [0.25, 0.3) is 0 Å². The Kier molecular flexibility index (Phi) is 5.35. The van der Waals surface area contributed by atoms with Crippen LogP contribution in [0.2, 0.25) is 0 Å². The quantitative estimate of drug-likeness (QED) is 0.728. The van der Waals surface area contributed by atoms with Crippen LogP contribution < -0.4 is 11.1 Å². The Balaban J connectivity index is 0.000000671. The lowest BCUT2D eigenvalue weighted by Crippen LogP contribution is -2.03. The first-order valence-corrected chi connectivity index (χ1v) is 4.32. The van der Waals surface area contributed by atoms with E-state index < -0.39 is 0 Å². The normalized spacial score (nSPS) is 8.23. The number of hydrogen-bond acceptors (Lipinski definition) is 3. The highest BCUT2D eigenvalue weighted by atomic mass is 14.8. The third-order valence-electron chi connectivity index (χ3n) is 1.44. The van der Waals surface area contributed by atoms with Crippen molar-refractivity contribution in [2.75, 3.05) is 12.8 Å². The number of nitrogen functional groups attached to an aromatic ring is 1. The Hall–Kier alpha value is -1.51. The number of rotatable bonds is 2. The lowest BCUT2D eigenvalue weighted by Gasteiger charge is -2.03. The highest BCUT2D eigenvalue weighted by Crippen LogP contribution is 2.07. The van der Waals surface area contributed by atoms with Gasteiger partial charge in [-0.1, -0.05) is 20.4 Å². The van der Waals surface area contributed by atoms with Gasteiger partial charge in [-0.3, -0.25) is 0 Å². The van der Waals surface area contributed by atoms with Gasteiger partial charge in [-0.05, 0) is 12.1 Å². The largest absolute Gasteiger partial charge is 0.388 e. The molecule has 1 aromatic rings. The van der Waals surface area contributed by atoms with E-state index in [2.05, 4.69) is 16.9 Å². The summed E-state index contributed by atoms with van der Waals surface area (Å²) in [6, 6.07) is 3.62. The second-order valence-corrected chi connectivity index (χ2v) is 2.20. The number of nitrogens with zero attached hydrogens (tertiary/aromatic N) is 1. The highest BCUT2D eigenvalue weighted by Gasteiger charge is 1.94. The van der Waals surface area contributed by atoms with Gasteiger partial charge >= 0.3 is 0 Å². The Morgan fingerprint density at radius 2 is 2.08 bits per heavy atom. The minimum atomic E-state index is 0.526. The zero-order valence-electron chi connectivity index (χ0n) is 8.46. The van der Waals surface area contributed by atoms with Gasteiger partial charge in [-0.25, -0.2) is 4.98 Å². The molecule has 0 aliphatic rings. The van der Waals surface area contributed by atoms with Crippen molar-refractivity contribution in [2.45, 2.75) is 13.8 Å². The Labute approximate surface area is 79.7 Å². The molecule has 0 amide bonds. The third kappa shape index (κ3) is 3.60. The molecule has 0 fully saturated rings. The van der Waals surface area contributed by atoms with E-state index in [0.717, 1.165) is 11.3 Å². The van der Waals surface area contributed by atoms with Crippen molar-refractivity contribution in [2.24, 2.45) is 0 Å². The summed E-state index contributed by atoms with van der Waals surface area (Å²) in [5.41, 5.74) is 7.21. The monoisotopic (exact) mass is 179 g/mol. The van der Waals surface area contributed by atoms with Gasteiger partial charge in [0.15, 0.2) is 0 Å². The number of nitrogens with one attached hydrogen (secondary N) is 1. The molecule has 0 spiro atoms. The Morgan fingerprint density at radius 1 is 1.46 bits per heavy atom. The molecule has 3 heteroatoms. The van der Waals surface area contributed by atoms with Crippen molar-refractivity contribution in [3.63, 3.8) is 0 Å². The van der Waals surface area contributed by atoms with Crippen molar-refractivity contribution >= 4 is 11.5 Å². The molecule has 1 aromatic heterocycles. The van der Waals surface area contributed by atoms with Gasteiger partial charge in [0.05, 0.1) is 0 Å². The van der Waals surface area contributed by atoms with Gasteiger partial charge in [0, 0.05) is 24.5 Å². The molecule has 0 aliphatic carbocycles. The van der Waals surface area contributed by atoms with E-state index in [9.17, 15) is 0 Å². The van der Waals surface area contributed by atoms with E-state index in [1.165, 1.54) is 0 Å². The smallest absolute Gasteiger partial charge is 0.123 e. The summed E-state index contributed by atoms with van der Waals surface area (Å²) >= 11 is 0. The molecule has 1 heterocycles. The summed E-state index contributed by atoms with van der Waals surface area (Å²) in [6.07, 6.45) is 1.69. The number of nitrogens with two attached hydrogens (primary N) is 1. The average Bonchev–Trinajstić information content (AvgIpc) is 2.21. The molecule has 0 saturated carbocycles. The SMILES string of the molecule is C=C(NC)c1ccc(N)nc1.CC. The first-order valence-electron chi connectivity index (χ1n) is 4.32. The maximum atomic E-state index is 5.41. The summed E-state index contributed by atoms with van der Waals surface area (Å²) in [6.45, 7) is 7.78. The summed E-state index contributed by atoms with van der Waals surface area (Å²) in [5, 5.41) is 2.93. The van der Waals surface area contributed by atoms with Crippen LogP contribution in [-0.2, 0) is 0 Å². The number of pyridine rings is 1. The van der Waals surface area contributed by atoms with E-state index >= 15 is 0 Å². The fourth-order valence-electron chi connectivity index (χ4n) is 0.728. The zero-order valence-corrected chi connectivity index (χ0v) is 8.46. The topological polar surface area (TPSA) is 50.9 Å². The Bertz CT molecular complexity index is 251. The first kappa shape index (κ1) is 11.5. The second kappa shape index (κ2) is 6.06. The van der Waals surface area contributed by atoms with Crippen LogP contribution in [0.5, 0.6) is 0 Å². The molecule has 0 atom stereocenters. The standard InChI is InChI=1S/C8H11N3.C2H6/c1-6(10-2)7-3-4-8(9)11-5-7;1-2/h3-5,10H,1H2,2H3,(H2,9,11);1-2H3. The average molecular weight is 179 g/mol. The fraction of sp³-hybridized carbons (Fsp3) is 0.300. The third-order valence-corrected chi connectivity index (χ3v) is 1.44. The first-order chi connectivity index (χ1) is 6.24. The van der Waals surface area contributed by atoms with Crippen LogP contribution in [0, 0.1) is 0 Å². The Morgan fingerprint density at radius 3 is 2.46 bits per heavy atom. The van der Waals surface area contributed by atoms with Crippen molar-refractivity contribution in [3.05, 3.63) is 30.5 Å². The molecule has 0 bridgehead atoms. The number of anilines is 1. The van der Waals surface area contributed by atoms with Crippen molar-refractivity contribution in [3.8, 4) is 0 Å². The summed E-state index contributed by atoms with van der Waals surface area (Å²) in [5.74, 6) is 0.526. The maximum absolute atomic E-state index is 5.41. The zero-order chi connectivity index (χ0) is 10.3. The van der Waals surface area contributed by atoms with Gasteiger partial charge in [-0.15, -0.1) is 0 Å². The van der Waals surface area contributed by atoms with Crippen molar-refractivity contribution in [1.29, 1.82) is 0 Å². The lowest BCUT2D eigenvalue weighted by atomic mass is 10.2. The minimum absolute atomic E-state index is 0.526. The molecule has 0 radical (unpaired) electrons. The van der Waals surface area contributed by atoms with Crippen LogP contribution in [0.1, 0.15) is 19.4 Å². The molecular formula is C10H17N3. The molecule has 3 nitrogen and oxygen atoms in total. The summed E-state index contributed by atoms with van der Waals surface area (Å²) in [4.78, 5) is 3.93. The van der Waals surface area contributed by atoms with E-state index in [0.29, 0.717) is 5.82 Å². The second-order valence-electron chi connectivity index (χ2n) is 2.20. The van der Waals surface area contributed by atoms with E-state index in [-0.39, 0.29) is 0 Å². The molecule has 72 valence electrons.